The van der Waals surface area contributed by atoms with E-state index in [0.29, 0.717) is 0 Å². The Morgan fingerprint density at radius 3 is 2.75 bits per heavy atom. The Morgan fingerprint density at radius 2 is 1.95 bits per heavy atom. The van der Waals surface area contributed by atoms with Gasteiger partial charge in [-0.15, -0.1) is 0 Å². The van der Waals surface area contributed by atoms with Crippen LogP contribution in [0.25, 0.3) is 16.7 Å². The second kappa shape index (κ2) is 3.73. The molecule has 0 fully saturated rings. The molecular weight excluding hydrogens is 264 g/mol. The van der Waals surface area contributed by atoms with E-state index in [-0.39, 0.29) is 0 Å². The van der Waals surface area contributed by atoms with Crippen LogP contribution in [0.1, 0.15) is 0 Å². The Bertz CT molecular complexity index is 836. The molecule has 0 atom stereocenters. The van der Waals surface area contributed by atoms with E-state index in [1.54, 1.807) is 7.11 Å². The molecule has 0 unspecified atom stereocenters. The molecule has 3 aromatic rings. The Kier molecular flexibility index (Phi) is 2.19. The van der Waals surface area contributed by atoms with Crippen LogP contribution in [0.2, 0.25) is 13.1 Å². The fourth-order valence-electron chi connectivity index (χ4n) is 3.26. The van der Waals surface area contributed by atoms with Crippen LogP contribution >= 0.6 is 0 Å². The van der Waals surface area contributed by atoms with E-state index < -0.39 is 8.07 Å². The number of methoxy groups -OCH3 is 1. The maximum Gasteiger partial charge on any atom is 0.120 e. The molecule has 1 aliphatic rings. The fourth-order valence-corrected chi connectivity index (χ4v) is 6.24. The summed E-state index contributed by atoms with van der Waals surface area (Å²) >= 11 is 0. The summed E-state index contributed by atoms with van der Waals surface area (Å²) < 4.78 is 7.60. The van der Waals surface area contributed by atoms with Crippen LogP contribution in [-0.2, 0) is 0 Å². The standard InChI is InChI=1S/C16H16N2OSi/c1-19-11-7-8-14-13(9-11)18-10-17-12-5-4-6-15(16(12)18)20(14,2)3/h4-10H,1-3H3. The average molecular weight is 280 g/mol. The van der Waals surface area contributed by atoms with Crippen LogP contribution in [0.5, 0.6) is 5.75 Å². The smallest absolute Gasteiger partial charge is 0.120 e. The SMILES string of the molecule is COc1ccc2c(c1)-n1cnc3cccc(c31)[Si]2(C)C. The van der Waals surface area contributed by atoms with Gasteiger partial charge < -0.3 is 4.74 Å². The third kappa shape index (κ3) is 1.32. The molecule has 20 heavy (non-hydrogen) atoms. The highest BCUT2D eigenvalue weighted by atomic mass is 28.3. The first-order valence-corrected chi connectivity index (χ1v) is 9.78. The van der Waals surface area contributed by atoms with Crippen molar-refractivity contribution in [1.29, 1.82) is 0 Å². The van der Waals surface area contributed by atoms with Gasteiger partial charge in [-0.05, 0) is 22.5 Å². The molecule has 0 saturated carbocycles. The first-order chi connectivity index (χ1) is 9.63. The zero-order valence-corrected chi connectivity index (χ0v) is 12.8. The lowest BCUT2D eigenvalue weighted by atomic mass is 10.2. The van der Waals surface area contributed by atoms with Gasteiger partial charge in [0.15, 0.2) is 0 Å². The summed E-state index contributed by atoms with van der Waals surface area (Å²) in [4.78, 5) is 4.55. The average Bonchev–Trinajstić information content (AvgIpc) is 2.89. The van der Waals surface area contributed by atoms with Crippen LogP contribution in [0.3, 0.4) is 0 Å². The number of aromatic nitrogens is 2. The number of fused-ring (bicyclic) bond motifs is 2. The van der Waals surface area contributed by atoms with Crippen molar-refractivity contribution in [3.63, 3.8) is 0 Å². The van der Waals surface area contributed by atoms with Crippen LogP contribution in [0, 0.1) is 0 Å². The Morgan fingerprint density at radius 1 is 1.10 bits per heavy atom. The number of rotatable bonds is 1. The van der Waals surface area contributed by atoms with Gasteiger partial charge in [0.25, 0.3) is 0 Å². The van der Waals surface area contributed by atoms with Gasteiger partial charge in [-0.3, -0.25) is 4.57 Å². The van der Waals surface area contributed by atoms with Gasteiger partial charge in [-0.25, -0.2) is 4.98 Å². The second-order valence-corrected chi connectivity index (χ2v) is 10.1. The molecular formula is C16H16N2OSi. The molecule has 0 radical (unpaired) electrons. The molecule has 0 N–H and O–H groups in total. The number of hydrogen-bond acceptors (Lipinski definition) is 2. The maximum absolute atomic E-state index is 5.39. The summed E-state index contributed by atoms with van der Waals surface area (Å²) in [5.74, 6) is 0.898. The van der Waals surface area contributed by atoms with E-state index in [1.807, 2.05) is 6.33 Å². The molecule has 0 saturated heterocycles. The quantitative estimate of drug-likeness (QED) is 0.639. The molecule has 1 aromatic heterocycles. The molecule has 100 valence electrons. The summed E-state index contributed by atoms with van der Waals surface area (Å²) in [6.07, 6.45) is 1.93. The van der Waals surface area contributed by atoms with E-state index in [4.69, 9.17) is 4.74 Å². The molecule has 0 amide bonds. The number of ether oxygens (including phenoxy) is 1. The normalized spacial score (nSPS) is 15.2. The van der Waals surface area contributed by atoms with Crippen molar-refractivity contribution in [1.82, 2.24) is 9.55 Å². The van der Waals surface area contributed by atoms with Crippen molar-refractivity contribution in [3.05, 3.63) is 42.7 Å². The first-order valence-electron chi connectivity index (χ1n) is 6.78. The maximum atomic E-state index is 5.39. The van der Waals surface area contributed by atoms with Crippen molar-refractivity contribution < 1.29 is 4.74 Å². The van der Waals surface area contributed by atoms with Gasteiger partial charge in [0.05, 0.1) is 23.8 Å². The van der Waals surface area contributed by atoms with Gasteiger partial charge in [-0.1, -0.05) is 31.3 Å². The largest absolute Gasteiger partial charge is 0.497 e. The molecule has 0 aliphatic carbocycles. The van der Waals surface area contributed by atoms with E-state index >= 15 is 0 Å². The van der Waals surface area contributed by atoms with Crippen molar-refractivity contribution in [2.75, 3.05) is 7.11 Å². The van der Waals surface area contributed by atoms with E-state index in [9.17, 15) is 0 Å². The van der Waals surface area contributed by atoms with Crippen LogP contribution in [0.15, 0.2) is 42.7 Å². The topological polar surface area (TPSA) is 27.1 Å². The van der Waals surface area contributed by atoms with Crippen molar-refractivity contribution in [2.24, 2.45) is 0 Å². The number of imidazole rings is 1. The monoisotopic (exact) mass is 280 g/mol. The predicted octanol–water partition coefficient (Wildman–Crippen LogP) is 2.17. The zero-order chi connectivity index (χ0) is 13.9. The number of para-hydroxylation sites is 1. The molecule has 0 spiro atoms. The highest BCUT2D eigenvalue weighted by Gasteiger charge is 2.35. The molecule has 0 bridgehead atoms. The van der Waals surface area contributed by atoms with Gasteiger partial charge in [-0.2, -0.15) is 0 Å². The highest BCUT2D eigenvalue weighted by molar-refractivity contribution is 7.02. The predicted molar refractivity (Wildman–Crippen MR) is 84.4 cm³/mol. The first kappa shape index (κ1) is 11.7. The molecule has 1 aliphatic heterocycles. The third-order valence-corrected chi connectivity index (χ3v) is 7.90. The summed E-state index contributed by atoms with van der Waals surface area (Å²) in [6.45, 7) is 4.81. The van der Waals surface area contributed by atoms with Crippen molar-refractivity contribution in [2.45, 2.75) is 13.1 Å². The lowest BCUT2D eigenvalue weighted by Gasteiger charge is -2.32. The van der Waals surface area contributed by atoms with E-state index in [0.717, 1.165) is 11.3 Å². The van der Waals surface area contributed by atoms with Crippen molar-refractivity contribution >= 4 is 29.5 Å². The zero-order valence-electron chi connectivity index (χ0n) is 11.8. The van der Waals surface area contributed by atoms with Gasteiger partial charge in [0.1, 0.15) is 20.2 Å². The van der Waals surface area contributed by atoms with Crippen LogP contribution < -0.4 is 15.1 Å². The fraction of sp³-hybridized carbons (Fsp3) is 0.188. The minimum atomic E-state index is -1.68. The summed E-state index contributed by atoms with van der Waals surface area (Å²) in [5.41, 5.74) is 3.57. The minimum Gasteiger partial charge on any atom is -0.497 e. The van der Waals surface area contributed by atoms with E-state index in [1.165, 1.54) is 21.6 Å². The Labute approximate surface area is 118 Å². The van der Waals surface area contributed by atoms with Gasteiger partial charge in [0.2, 0.25) is 0 Å². The number of nitrogens with zero attached hydrogens (tertiary/aromatic N) is 2. The summed E-state index contributed by atoms with van der Waals surface area (Å²) in [7, 11) is 0.0350. The highest BCUT2D eigenvalue weighted by Crippen LogP contribution is 2.27. The van der Waals surface area contributed by atoms with Crippen molar-refractivity contribution in [3.8, 4) is 11.4 Å². The number of hydrogen-bond donors (Lipinski definition) is 0. The Hall–Kier alpha value is -2.07. The second-order valence-electron chi connectivity index (χ2n) is 5.80. The third-order valence-electron chi connectivity index (χ3n) is 4.38. The molecule has 4 heteroatoms. The minimum absolute atomic E-state index is 0.898. The lowest BCUT2D eigenvalue weighted by molar-refractivity contribution is 0.415. The molecule has 3 nitrogen and oxygen atoms in total. The molecule has 4 rings (SSSR count). The molecule has 2 heterocycles. The van der Waals surface area contributed by atoms with Crippen LogP contribution in [-0.4, -0.2) is 24.7 Å². The summed E-state index contributed by atoms with van der Waals surface area (Å²) in [5, 5.41) is 2.90. The van der Waals surface area contributed by atoms with Crippen LogP contribution in [0.4, 0.5) is 0 Å². The lowest BCUT2D eigenvalue weighted by Crippen LogP contribution is -2.57. The Balaban J connectivity index is 2.18. The molecule has 2 aromatic carbocycles. The number of benzene rings is 2. The van der Waals surface area contributed by atoms with Gasteiger partial charge in [0, 0.05) is 6.07 Å². The van der Waals surface area contributed by atoms with E-state index in [2.05, 4.69) is 59.0 Å². The van der Waals surface area contributed by atoms with Gasteiger partial charge >= 0.3 is 0 Å². The summed E-state index contributed by atoms with van der Waals surface area (Å²) in [6, 6.07) is 12.9.